The third kappa shape index (κ3) is 6.22. The van der Waals surface area contributed by atoms with Crippen molar-refractivity contribution >= 4 is 52.3 Å². The van der Waals surface area contributed by atoms with E-state index in [0.717, 1.165) is 16.8 Å². The fraction of sp³-hybridized carbons (Fsp3) is 0.414. The van der Waals surface area contributed by atoms with Crippen molar-refractivity contribution in [2.75, 3.05) is 26.7 Å². The predicted octanol–water partition coefficient (Wildman–Crippen LogP) is 6.92. The highest BCUT2D eigenvalue weighted by Crippen LogP contribution is 2.35. The van der Waals surface area contributed by atoms with Gasteiger partial charge >= 0.3 is 0 Å². The van der Waals surface area contributed by atoms with Crippen LogP contribution < -0.4 is 0 Å². The van der Waals surface area contributed by atoms with Crippen LogP contribution in [0.5, 0.6) is 0 Å². The van der Waals surface area contributed by atoms with Crippen LogP contribution >= 0.6 is 34.8 Å². The van der Waals surface area contributed by atoms with Crippen molar-refractivity contribution in [1.82, 2.24) is 9.80 Å². The molecule has 0 bridgehead atoms. The number of piperidine rings is 1. The van der Waals surface area contributed by atoms with Crippen molar-refractivity contribution in [2.24, 2.45) is 10.4 Å². The molecule has 0 aromatic heterocycles. The number of rotatable bonds is 4. The Labute approximate surface area is 234 Å². The van der Waals surface area contributed by atoms with Gasteiger partial charge in [0, 0.05) is 65.8 Å². The van der Waals surface area contributed by atoms with E-state index < -0.39 is 0 Å². The first-order valence-electron chi connectivity index (χ1n) is 12.5. The molecule has 2 aromatic carbocycles. The Balaban J connectivity index is 1.59. The van der Waals surface area contributed by atoms with Gasteiger partial charge in [0.1, 0.15) is 0 Å². The van der Waals surface area contributed by atoms with Crippen LogP contribution in [0.1, 0.15) is 55.5 Å². The van der Waals surface area contributed by atoms with Gasteiger partial charge in [0.2, 0.25) is 5.91 Å². The summed E-state index contributed by atoms with van der Waals surface area (Å²) in [7, 11) is 1.82. The van der Waals surface area contributed by atoms with Crippen LogP contribution in [0.2, 0.25) is 15.1 Å². The molecule has 37 heavy (non-hydrogen) atoms. The van der Waals surface area contributed by atoms with Crippen molar-refractivity contribution in [3.8, 4) is 0 Å². The van der Waals surface area contributed by atoms with Crippen molar-refractivity contribution in [2.45, 2.75) is 45.6 Å². The third-order valence-corrected chi connectivity index (χ3v) is 8.25. The Bertz CT molecular complexity index is 1250. The first kappa shape index (κ1) is 27.7. The molecule has 2 amide bonds. The summed E-state index contributed by atoms with van der Waals surface area (Å²) in [5, 5.41) is 1.50. The highest BCUT2D eigenvalue weighted by Gasteiger charge is 2.38. The molecular weight excluding hydrogens is 529 g/mol. The number of likely N-dealkylation sites (N-methyl/N-ethyl adjacent to an activating group) is 1. The number of likely N-dealkylation sites (tertiary alicyclic amines) is 1. The fourth-order valence-electron chi connectivity index (χ4n) is 5.05. The van der Waals surface area contributed by atoms with Crippen LogP contribution in [0.25, 0.3) is 0 Å². The van der Waals surface area contributed by atoms with Gasteiger partial charge in [0.25, 0.3) is 5.91 Å². The van der Waals surface area contributed by atoms with Crippen LogP contribution in [0, 0.1) is 5.41 Å². The molecule has 0 saturated carbocycles. The maximum Gasteiger partial charge on any atom is 0.253 e. The summed E-state index contributed by atoms with van der Waals surface area (Å²) in [6, 6.07) is 12.3. The number of aliphatic imine (C=N–C) groups is 1. The summed E-state index contributed by atoms with van der Waals surface area (Å²) in [6.45, 7) is 7.92. The van der Waals surface area contributed by atoms with E-state index in [2.05, 4.69) is 25.8 Å². The molecule has 2 aliphatic heterocycles. The first-order chi connectivity index (χ1) is 17.5. The summed E-state index contributed by atoms with van der Waals surface area (Å²) in [5.74, 6) is -0.187. The summed E-state index contributed by atoms with van der Waals surface area (Å²) in [4.78, 5) is 35.4. The Morgan fingerprint density at radius 2 is 1.73 bits per heavy atom. The van der Waals surface area contributed by atoms with Crippen LogP contribution in [-0.2, 0) is 4.79 Å². The predicted molar refractivity (Wildman–Crippen MR) is 152 cm³/mol. The van der Waals surface area contributed by atoms with E-state index in [4.69, 9.17) is 34.8 Å². The maximum absolute atomic E-state index is 13.6. The average Bonchev–Trinajstić information content (AvgIpc) is 2.88. The number of amides is 2. The number of hydrogen-bond acceptors (Lipinski definition) is 3. The molecule has 2 aliphatic rings. The minimum Gasteiger partial charge on any atom is -0.338 e. The summed E-state index contributed by atoms with van der Waals surface area (Å²) >= 11 is 18.6. The summed E-state index contributed by atoms with van der Waals surface area (Å²) < 4.78 is 0. The van der Waals surface area contributed by atoms with Crippen LogP contribution in [-0.4, -0.2) is 60.0 Å². The van der Waals surface area contributed by atoms with Crippen LogP contribution in [0.15, 0.2) is 59.1 Å². The Kier molecular flexibility index (Phi) is 8.37. The zero-order chi connectivity index (χ0) is 26.9. The molecule has 0 spiro atoms. The number of halogens is 3. The maximum atomic E-state index is 13.6. The van der Waals surface area contributed by atoms with Gasteiger partial charge in [-0.05, 0) is 48.4 Å². The molecule has 8 heteroatoms. The molecule has 2 aromatic rings. The molecular formula is C29H32Cl3N3O2. The van der Waals surface area contributed by atoms with Crippen molar-refractivity contribution in [3.63, 3.8) is 0 Å². The SMILES string of the molecule is CN(C(=O)c1ccc(Cl)cc1)[C@@H]1CCN(C(=O)C2=CCN=C(C(C)(C)C)C2)C[C@H]1c1ccc(Cl)c(Cl)c1. The van der Waals surface area contributed by atoms with E-state index in [9.17, 15) is 9.59 Å². The van der Waals surface area contributed by atoms with E-state index in [0.29, 0.717) is 53.1 Å². The summed E-state index contributed by atoms with van der Waals surface area (Å²) in [6.07, 6.45) is 3.14. The number of hydrogen-bond donors (Lipinski definition) is 0. The lowest BCUT2D eigenvalue weighted by Gasteiger charge is -2.43. The molecule has 0 aliphatic carbocycles. The summed E-state index contributed by atoms with van der Waals surface area (Å²) in [5.41, 5.74) is 3.27. The van der Waals surface area contributed by atoms with E-state index in [-0.39, 0.29) is 29.2 Å². The smallest absolute Gasteiger partial charge is 0.253 e. The fourth-order valence-corrected chi connectivity index (χ4v) is 5.48. The zero-order valence-corrected chi connectivity index (χ0v) is 23.9. The second-order valence-electron chi connectivity index (χ2n) is 10.8. The van der Waals surface area contributed by atoms with Gasteiger partial charge < -0.3 is 9.80 Å². The molecule has 2 atom stereocenters. The minimum atomic E-state index is -0.131. The zero-order valence-electron chi connectivity index (χ0n) is 21.6. The molecule has 2 heterocycles. The lowest BCUT2D eigenvalue weighted by molar-refractivity contribution is -0.129. The topological polar surface area (TPSA) is 53.0 Å². The number of benzene rings is 2. The standard InChI is InChI=1S/C29H32Cl3N3O2/c1-29(2,3)26-16-20(11-13-33-26)28(37)35-14-12-25(22(17-35)19-7-10-23(31)24(32)15-19)34(4)27(36)18-5-8-21(30)9-6-18/h5-11,15,22,25H,12-14,16-17H2,1-4H3/t22-,25+/m0/s1. The lowest BCUT2D eigenvalue weighted by atomic mass is 9.83. The van der Waals surface area contributed by atoms with Crippen molar-refractivity contribution < 1.29 is 9.59 Å². The largest absolute Gasteiger partial charge is 0.338 e. The molecule has 4 rings (SSSR count). The molecule has 196 valence electrons. The van der Waals surface area contributed by atoms with Gasteiger partial charge in [-0.1, -0.05) is 67.7 Å². The Hall–Kier alpha value is -2.34. The molecule has 0 radical (unpaired) electrons. The molecule has 1 fully saturated rings. The quantitative estimate of drug-likeness (QED) is 0.407. The van der Waals surface area contributed by atoms with Gasteiger partial charge in [-0.15, -0.1) is 0 Å². The third-order valence-electron chi connectivity index (χ3n) is 7.26. The number of carbonyl (C=O) groups is 2. The van der Waals surface area contributed by atoms with Gasteiger partial charge in [-0.2, -0.15) is 0 Å². The first-order valence-corrected chi connectivity index (χ1v) is 13.6. The van der Waals surface area contributed by atoms with Gasteiger partial charge in [0.05, 0.1) is 16.6 Å². The van der Waals surface area contributed by atoms with Crippen LogP contribution in [0.4, 0.5) is 0 Å². The van der Waals surface area contributed by atoms with E-state index in [1.54, 1.807) is 35.2 Å². The van der Waals surface area contributed by atoms with Gasteiger partial charge in [-0.3, -0.25) is 14.6 Å². The molecule has 0 unspecified atom stereocenters. The molecule has 1 saturated heterocycles. The van der Waals surface area contributed by atoms with Gasteiger partial charge in [-0.25, -0.2) is 0 Å². The van der Waals surface area contributed by atoms with E-state index in [1.165, 1.54) is 0 Å². The van der Waals surface area contributed by atoms with E-state index in [1.807, 2.05) is 30.2 Å². The monoisotopic (exact) mass is 559 g/mol. The van der Waals surface area contributed by atoms with Crippen molar-refractivity contribution in [1.29, 1.82) is 0 Å². The number of carbonyl (C=O) groups excluding carboxylic acids is 2. The minimum absolute atomic E-state index is 0.0341. The van der Waals surface area contributed by atoms with Crippen molar-refractivity contribution in [3.05, 3.63) is 80.3 Å². The highest BCUT2D eigenvalue weighted by molar-refractivity contribution is 6.42. The molecule has 0 N–H and O–H groups in total. The average molecular weight is 561 g/mol. The molecule has 5 nitrogen and oxygen atoms in total. The van der Waals surface area contributed by atoms with Gasteiger partial charge in [0.15, 0.2) is 0 Å². The normalized spacial score (nSPS) is 20.2. The number of nitrogens with zero attached hydrogens (tertiary/aromatic N) is 3. The Morgan fingerprint density at radius 3 is 2.38 bits per heavy atom. The highest BCUT2D eigenvalue weighted by atomic mass is 35.5. The van der Waals surface area contributed by atoms with E-state index >= 15 is 0 Å². The lowest BCUT2D eigenvalue weighted by Crippen LogP contribution is -2.52. The Morgan fingerprint density at radius 1 is 1.03 bits per heavy atom. The number of dihydropyridines is 1. The second kappa shape index (κ2) is 11.2. The van der Waals surface area contributed by atoms with Crippen LogP contribution in [0.3, 0.4) is 0 Å². The second-order valence-corrected chi connectivity index (χ2v) is 12.0.